The molecule has 1 unspecified atom stereocenters. The molecule has 2 amide bonds. The van der Waals surface area contributed by atoms with Crippen LogP contribution >= 0.6 is 11.3 Å². The van der Waals surface area contributed by atoms with Gasteiger partial charge in [0.2, 0.25) is 0 Å². The van der Waals surface area contributed by atoms with E-state index in [0.717, 1.165) is 40.3 Å². The number of carbonyl (C=O) groups is 2. The molecule has 6 rings (SSSR count). The summed E-state index contributed by atoms with van der Waals surface area (Å²) in [6, 6.07) is 17.1. The lowest BCUT2D eigenvalue weighted by molar-refractivity contribution is 0.0622. The molecule has 3 aliphatic heterocycles. The zero-order valence-corrected chi connectivity index (χ0v) is 16.9. The normalized spacial score (nSPS) is 23.1. The Morgan fingerprint density at radius 1 is 0.966 bits per heavy atom. The summed E-state index contributed by atoms with van der Waals surface area (Å²) in [7, 11) is 0. The van der Waals surface area contributed by atoms with Gasteiger partial charge < -0.3 is 15.5 Å². The minimum atomic E-state index is -0.138. The molecule has 3 aliphatic rings. The molecular formula is C23H23N3O2S. The smallest absolute Gasteiger partial charge is 0.261 e. The summed E-state index contributed by atoms with van der Waals surface area (Å²) < 4.78 is 1.04. The van der Waals surface area contributed by atoms with E-state index < -0.39 is 0 Å². The van der Waals surface area contributed by atoms with Crippen LogP contribution < -0.4 is 10.6 Å². The quantitative estimate of drug-likeness (QED) is 0.690. The van der Waals surface area contributed by atoms with Crippen LogP contribution in [0.3, 0.4) is 0 Å². The summed E-state index contributed by atoms with van der Waals surface area (Å²) in [5.41, 5.74) is 1.35. The maximum atomic E-state index is 12.8. The minimum Gasteiger partial charge on any atom is -0.347 e. The number of nitrogens with zero attached hydrogens (tertiary/aromatic N) is 1. The molecule has 0 spiro atoms. The zero-order valence-electron chi connectivity index (χ0n) is 16.1. The van der Waals surface area contributed by atoms with Gasteiger partial charge in [-0.3, -0.25) is 9.59 Å². The second-order valence-electron chi connectivity index (χ2n) is 7.90. The number of piperidine rings is 3. The Kier molecular flexibility index (Phi) is 4.81. The van der Waals surface area contributed by atoms with Gasteiger partial charge in [-0.05, 0) is 73.6 Å². The van der Waals surface area contributed by atoms with Gasteiger partial charge in [0, 0.05) is 28.5 Å². The van der Waals surface area contributed by atoms with Crippen LogP contribution in [0, 0.1) is 5.92 Å². The molecular weight excluding hydrogens is 382 g/mol. The van der Waals surface area contributed by atoms with Gasteiger partial charge in [-0.15, -0.1) is 11.3 Å². The number of hydrogen-bond donors (Lipinski definition) is 2. The highest BCUT2D eigenvalue weighted by molar-refractivity contribution is 7.20. The maximum Gasteiger partial charge on any atom is 0.261 e. The molecule has 0 radical (unpaired) electrons. The SMILES string of the molecule is O=C(Nc1ccc2sc(C(=O)NC3CN4CCC3CC4)cc2c1)c1ccccc1. The van der Waals surface area contributed by atoms with Crippen molar-refractivity contribution in [1.29, 1.82) is 0 Å². The van der Waals surface area contributed by atoms with Crippen molar-refractivity contribution in [3.05, 3.63) is 65.0 Å². The Morgan fingerprint density at radius 3 is 2.48 bits per heavy atom. The molecule has 29 heavy (non-hydrogen) atoms. The van der Waals surface area contributed by atoms with Gasteiger partial charge in [-0.1, -0.05) is 18.2 Å². The Balaban J connectivity index is 1.30. The lowest BCUT2D eigenvalue weighted by Crippen LogP contribution is -2.57. The van der Waals surface area contributed by atoms with Crippen LogP contribution in [-0.4, -0.2) is 42.4 Å². The number of anilines is 1. The van der Waals surface area contributed by atoms with Crippen molar-refractivity contribution < 1.29 is 9.59 Å². The predicted molar refractivity (Wildman–Crippen MR) is 117 cm³/mol. The van der Waals surface area contributed by atoms with E-state index in [9.17, 15) is 9.59 Å². The largest absolute Gasteiger partial charge is 0.347 e. The Hall–Kier alpha value is -2.70. The highest BCUT2D eigenvalue weighted by atomic mass is 32.1. The van der Waals surface area contributed by atoms with Crippen LogP contribution in [0.25, 0.3) is 10.1 Å². The third-order valence-corrected chi connectivity index (χ3v) is 7.12. The highest BCUT2D eigenvalue weighted by Gasteiger charge is 2.35. The first kappa shape index (κ1) is 18.3. The molecule has 2 N–H and O–H groups in total. The molecule has 1 aromatic heterocycles. The highest BCUT2D eigenvalue weighted by Crippen LogP contribution is 2.30. The van der Waals surface area contributed by atoms with Crippen LogP contribution in [0.5, 0.6) is 0 Å². The van der Waals surface area contributed by atoms with Crippen molar-refractivity contribution in [2.24, 2.45) is 5.92 Å². The summed E-state index contributed by atoms with van der Waals surface area (Å²) in [6.45, 7) is 3.30. The monoisotopic (exact) mass is 405 g/mol. The van der Waals surface area contributed by atoms with E-state index in [1.54, 1.807) is 12.1 Å². The molecule has 3 aromatic rings. The molecule has 1 atom stereocenters. The fraction of sp³-hybridized carbons (Fsp3) is 0.304. The Labute approximate surface area is 173 Å². The van der Waals surface area contributed by atoms with Crippen LogP contribution in [0.4, 0.5) is 5.69 Å². The molecule has 0 aliphatic carbocycles. The first-order valence-corrected chi connectivity index (χ1v) is 10.9. The molecule has 3 fully saturated rings. The van der Waals surface area contributed by atoms with E-state index in [2.05, 4.69) is 15.5 Å². The number of fused-ring (bicyclic) bond motifs is 4. The fourth-order valence-electron chi connectivity index (χ4n) is 4.39. The summed E-state index contributed by atoms with van der Waals surface area (Å²) in [5.74, 6) is 0.485. The number of hydrogen-bond acceptors (Lipinski definition) is 4. The van der Waals surface area contributed by atoms with Crippen molar-refractivity contribution in [1.82, 2.24) is 10.2 Å². The van der Waals surface area contributed by atoms with Gasteiger partial charge in [-0.25, -0.2) is 0 Å². The molecule has 5 nitrogen and oxygen atoms in total. The molecule has 0 saturated carbocycles. The van der Waals surface area contributed by atoms with Crippen molar-refractivity contribution in [2.45, 2.75) is 18.9 Å². The van der Waals surface area contributed by atoms with E-state index in [0.29, 0.717) is 11.5 Å². The van der Waals surface area contributed by atoms with Gasteiger partial charge in [0.25, 0.3) is 11.8 Å². The van der Waals surface area contributed by atoms with Gasteiger partial charge in [0.15, 0.2) is 0 Å². The zero-order chi connectivity index (χ0) is 19.8. The van der Waals surface area contributed by atoms with Crippen molar-refractivity contribution >= 4 is 38.9 Å². The van der Waals surface area contributed by atoms with E-state index in [1.807, 2.05) is 42.5 Å². The van der Waals surface area contributed by atoms with Crippen molar-refractivity contribution in [3.63, 3.8) is 0 Å². The topological polar surface area (TPSA) is 61.4 Å². The number of benzene rings is 2. The van der Waals surface area contributed by atoms with Crippen molar-refractivity contribution in [2.75, 3.05) is 25.0 Å². The Bertz CT molecular complexity index is 1050. The Morgan fingerprint density at radius 2 is 1.76 bits per heavy atom. The number of rotatable bonds is 4. The lowest BCUT2D eigenvalue weighted by atomic mass is 9.84. The average Bonchev–Trinajstić information content (AvgIpc) is 3.19. The van der Waals surface area contributed by atoms with Crippen LogP contribution in [0.15, 0.2) is 54.6 Å². The van der Waals surface area contributed by atoms with Crippen LogP contribution in [-0.2, 0) is 0 Å². The summed E-state index contributed by atoms with van der Waals surface area (Å²) >= 11 is 1.50. The number of carbonyl (C=O) groups excluding carboxylic acids is 2. The van der Waals surface area contributed by atoms with E-state index in [-0.39, 0.29) is 17.9 Å². The summed E-state index contributed by atoms with van der Waals surface area (Å²) in [6.07, 6.45) is 2.36. The predicted octanol–water partition coefficient (Wildman–Crippen LogP) is 3.98. The summed E-state index contributed by atoms with van der Waals surface area (Å²) in [5, 5.41) is 7.16. The van der Waals surface area contributed by atoms with Gasteiger partial charge in [0.05, 0.1) is 4.88 Å². The van der Waals surface area contributed by atoms with Gasteiger partial charge in [0.1, 0.15) is 0 Å². The van der Waals surface area contributed by atoms with Gasteiger partial charge in [-0.2, -0.15) is 0 Å². The van der Waals surface area contributed by atoms with Crippen molar-refractivity contribution in [3.8, 4) is 0 Å². The maximum absolute atomic E-state index is 12.8. The molecule has 6 heteroatoms. The second kappa shape index (κ2) is 7.61. The second-order valence-corrected chi connectivity index (χ2v) is 8.99. The number of nitrogens with one attached hydrogen (secondary N) is 2. The van der Waals surface area contributed by atoms with Gasteiger partial charge >= 0.3 is 0 Å². The third-order valence-electron chi connectivity index (χ3n) is 6.01. The molecule has 2 bridgehead atoms. The first-order chi connectivity index (χ1) is 14.2. The molecule has 148 valence electrons. The molecule has 4 heterocycles. The van der Waals surface area contributed by atoms with Crippen LogP contribution in [0.1, 0.15) is 32.9 Å². The average molecular weight is 406 g/mol. The minimum absolute atomic E-state index is 0.0137. The number of amides is 2. The summed E-state index contributed by atoms with van der Waals surface area (Å²) in [4.78, 5) is 28.4. The van der Waals surface area contributed by atoms with E-state index in [1.165, 1.54) is 24.2 Å². The number of thiophene rings is 1. The molecule has 2 aromatic carbocycles. The van der Waals surface area contributed by atoms with Crippen LogP contribution in [0.2, 0.25) is 0 Å². The standard InChI is InChI=1S/C23H23N3O2S/c27-22(16-4-2-1-3-5-16)24-18-6-7-20-17(12-18)13-21(29-20)23(28)25-19-14-26-10-8-15(19)9-11-26/h1-7,12-13,15,19H,8-11,14H2,(H,24,27)(H,25,28). The lowest BCUT2D eigenvalue weighted by Gasteiger charge is -2.44. The first-order valence-electron chi connectivity index (χ1n) is 10.1. The molecule has 3 saturated heterocycles. The van der Waals surface area contributed by atoms with E-state index in [4.69, 9.17) is 0 Å². The fourth-order valence-corrected chi connectivity index (χ4v) is 5.34. The van der Waals surface area contributed by atoms with E-state index >= 15 is 0 Å². The third kappa shape index (κ3) is 3.78.